The van der Waals surface area contributed by atoms with Gasteiger partial charge in [-0.25, -0.2) is 0 Å². The molecule has 3 heteroatoms. The summed E-state index contributed by atoms with van der Waals surface area (Å²) in [5.41, 5.74) is 10.9. The maximum Gasteiger partial charge on any atom is 0.0955 e. The highest BCUT2D eigenvalue weighted by molar-refractivity contribution is 5.90. The first-order valence-corrected chi connectivity index (χ1v) is 6.11. The Balaban J connectivity index is 2.12. The van der Waals surface area contributed by atoms with Crippen LogP contribution in [-0.2, 0) is 7.05 Å². The van der Waals surface area contributed by atoms with Gasteiger partial charge in [-0.2, -0.15) is 0 Å². The molecule has 3 nitrogen and oxygen atoms in total. The number of fused-ring (bicyclic) bond motifs is 1. The molecule has 0 aromatic carbocycles. The van der Waals surface area contributed by atoms with Gasteiger partial charge in [0.2, 0.25) is 0 Å². The average molecular weight is 227 g/mol. The summed E-state index contributed by atoms with van der Waals surface area (Å²) in [6.45, 7) is 0. The fourth-order valence-electron chi connectivity index (χ4n) is 2.55. The summed E-state index contributed by atoms with van der Waals surface area (Å²) in [6.07, 6.45) is 9.45. The van der Waals surface area contributed by atoms with Crippen LogP contribution in [0.5, 0.6) is 0 Å². The lowest BCUT2D eigenvalue weighted by atomic mass is 9.92. The first-order chi connectivity index (χ1) is 8.25. The molecule has 88 valence electrons. The van der Waals surface area contributed by atoms with Crippen LogP contribution >= 0.6 is 0 Å². The number of aryl methyl sites for hydroxylation is 1. The second-order valence-electron chi connectivity index (χ2n) is 4.79. The van der Waals surface area contributed by atoms with E-state index in [-0.39, 0.29) is 0 Å². The van der Waals surface area contributed by atoms with Crippen LogP contribution in [-0.4, -0.2) is 15.6 Å². The van der Waals surface area contributed by atoms with Crippen LogP contribution in [0.4, 0.5) is 0 Å². The van der Waals surface area contributed by atoms with Gasteiger partial charge in [-0.3, -0.25) is 4.98 Å². The van der Waals surface area contributed by atoms with Gasteiger partial charge in [0.15, 0.2) is 0 Å². The molecule has 1 atom stereocenters. The minimum atomic E-state index is 0.335. The molecule has 0 aliphatic heterocycles. The van der Waals surface area contributed by atoms with Crippen molar-refractivity contribution in [1.29, 1.82) is 0 Å². The van der Waals surface area contributed by atoms with Gasteiger partial charge in [0.25, 0.3) is 0 Å². The third-order valence-electron chi connectivity index (χ3n) is 3.54. The van der Waals surface area contributed by atoms with Crippen molar-refractivity contribution in [1.82, 2.24) is 9.55 Å². The third kappa shape index (κ3) is 1.76. The van der Waals surface area contributed by atoms with Gasteiger partial charge in [0.1, 0.15) is 0 Å². The van der Waals surface area contributed by atoms with E-state index in [9.17, 15) is 0 Å². The fourth-order valence-corrected chi connectivity index (χ4v) is 2.55. The Kier molecular flexibility index (Phi) is 2.48. The Labute approximate surface area is 101 Å². The first-order valence-electron chi connectivity index (χ1n) is 6.11. The Morgan fingerprint density at radius 1 is 1.47 bits per heavy atom. The lowest BCUT2D eigenvalue weighted by Crippen LogP contribution is -2.21. The molecule has 0 radical (unpaired) electrons. The molecule has 0 bridgehead atoms. The zero-order valence-electron chi connectivity index (χ0n) is 10.1. The standard InChI is InChI=1S/C14H17N3/c1-17-9-12(10-4-6-11(15)7-5-10)14-13(17)3-2-8-16-14/h2-4,8-9,11H,5-7,15H2,1H3. The summed E-state index contributed by atoms with van der Waals surface area (Å²) < 4.78 is 2.15. The lowest BCUT2D eigenvalue weighted by Gasteiger charge is -2.17. The second-order valence-corrected chi connectivity index (χ2v) is 4.79. The van der Waals surface area contributed by atoms with Gasteiger partial charge in [-0.1, -0.05) is 6.08 Å². The number of allylic oxidation sites excluding steroid dienone is 1. The summed E-state index contributed by atoms with van der Waals surface area (Å²) in [4.78, 5) is 4.50. The summed E-state index contributed by atoms with van der Waals surface area (Å²) in [5.74, 6) is 0. The predicted molar refractivity (Wildman–Crippen MR) is 70.5 cm³/mol. The molecule has 1 aliphatic carbocycles. The van der Waals surface area contributed by atoms with Crippen molar-refractivity contribution in [3.05, 3.63) is 36.2 Å². The molecule has 1 unspecified atom stereocenters. The van der Waals surface area contributed by atoms with Crippen molar-refractivity contribution >= 4 is 16.6 Å². The Bertz CT molecular complexity index is 580. The van der Waals surface area contributed by atoms with E-state index in [0.29, 0.717) is 6.04 Å². The topological polar surface area (TPSA) is 43.8 Å². The monoisotopic (exact) mass is 227 g/mol. The molecule has 2 N–H and O–H groups in total. The van der Waals surface area contributed by atoms with Crippen molar-refractivity contribution in [2.24, 2.45) is 12.8 Å². The number of pyridine rings is 1. The number of nitrogens with two attached hydrogens (primary N) is 1. The van der Waals surface area contributed by atoms with Crippen LogP contribution in [0.25, 0.3) is 16.6 Å². The predicted octanol–water partition coefficient (Wildman–Crippen LogP) is 2.47. The zero-order chi connectivity index (χ0) is 11.8. The van der Waals surface area contributed by atoms with Crippen molar-refractivity contribution in [3.8, 4) is 0 Å². The number of hydrogen-bond acceptors (Lipinski definition) is 2. The zero-order valence-corrected chi connectivity index (χ0v) is 10.1. The van der Waals surface area contributed by atoms with Crippen molar-refractivity contribution in [3.63, 3.8) is 0 Å². The van der Waals surface area contributed by atoms with E-state index < -0.39 is 0 Å². The third-order valence-corrected chi connectivity index (χ3v) is 3.54. The molecule has 2 aromatic heterocycles. The highest BCUT2D eigenvalue weighted by atomic mass is 14.9. The highest BCUT2D eigenvalue weighted by Gasteiger charge is 2.16. The van der Waals surface area contributed by atoms with Crippen molar-refractivity contribution < 1.29 is 0 Å². The molecule has 1 aliphatic rings. The highest BCUT2D eigenvalue weighted by Crippen LogP contribution is 2.31. The second kappa shape index (κ2) is 4.00. The van der Waals surface area contributed by atoms with Gasteiger partial charge < -0.3 is 10.3 Å². The van der Waals surface area contributed by atoms with E-state index in [1.165, 1.54) is 16.7 Å². The minimum Gasteiger partial charge on any atom is -0.349 e. The van der Waals surface area contributed by atoms with Gasteiger partial charge >= 0.3 is 0 Å². The number of hydrogen-bond donors (Lipinski definition) is 1. The number of aromatic nitrogens is 2. The minimum absolute atomic E-state index is 0.335. The molecule has 0 saturated heterocycles. The van der Waals surface area contributed by atoms with Gasteiger partial charge in [0, 0.05) is 31.0 Å². The van der Waals surface area contributed by atoms with Gasteiger partial charge in [-0.15, -0.1) is 0 Å². The maximum absolute atomic E-state index is 5.93. The molecule has 2 heterocycles. The number of nitrogens with zero attached hydrogens (tertiary/aromatic N) is 2. The van der Waals surface area contributed by atoms with Crippen molar-refractivity contribution in [2.75, 3.05) is 0 Å². The Morgan fingerprint density at radius 3 is 3.12 bits per heavy atom. The number of rotatable bonds is 1. The molecule has 0 amide bonds. The fraction of sp³-hybridized carbons (Fsp3) is 0.357. The SMILES string of the molecule is Cn1cc(C2=CCC(N)CC2)c2ncccc21. The Hall–Kier alpha value is -1.61. The smallest absolute Gasteiger partial charge is 0.0955 e. The molecule has 0 saturated carbocycles. The summed E-state index contributed by atoms with van der Waals surface area (Å²) in [7, 11) is 2.07. The van der Waals surface area contributed by atoms with Crippen LogP contribution < -0.4 is 5.73 Å². The molecule has 2 aromatic rings. The van der Waals surface area contributed by atoms with E-state index in [0.717, 1.165) is 24.8 Å². The van der Waals surface area contributed by atoms with E-state index in [1.807, 2.05) is 12.3 Å². The average Bonchev–Trinajstić information content (AvgIpc) is 2.69. The lowest BCUT2D eigenvalue weighted by molar-refractivity contribution is 0.614. The Morgan fingerprint density at radius 2 is 2.35 bits per heavy atom. The quantitative estimate of drug-likeness (QED) is 0.813. The van der Waals surface area contributed by atoms with Gasteiger partial charge in [0.05, 0.1) is 11.0 Å². The van der Waals surface area contributed by atoms with Gasteiger partial charge in [-0.05, 0) is 37.0 Å². The molecule has 0 spiro atoms. The van der Waals surface area contributed by atoms with Crippen molar-refractivity contribution in [2.45, 2.75) is 25.3 Å². The van der Waals surface area contributed by atoms with Crippen LogP contribution in [0.2, 0.25) is 0 Å². The molecule has 3 rings (SSSR count). The maximum atomic E-state index is 5.93. The molecule has 17 heavy (non-hydrogen) atoms. The molecular formula is C14H17N3. The van der Waals surface area contributed by atoms with Crippen LogP contribution in [0, 0.1) is 0 Å². The van der Waals surface area contributed by atoms with Crippen LogP contribution in [0.3, 0.4) is 0 Å². The van der Waals surface area contributed by atoms with Crippen LogP contribution in [0.15, 0.2) is 30.6 Å². The first kappa shape index (κ1) is 10.5. The van der Waals surface area contributed by atoms with E-state index in [1.54, 1.807) is 0 Å². The molecular weight excluding hydrogens is 210 g/mol. The molecule has 0 fully saturated rings. The largest absolute Gasteiger partial charge is 0.349 e. The summed E-state index contributed by atoms with van der Waals surface area (Å²) >= 11 is 0. The van der Waals surface area contributed by atoms with E-state index in [2.05, 4.69) is 34.9 Å². The summed E-state index contributed by atoms with van der Waals surface area (Å²) in [6, 6.07) is 4.43. The van der Waals surface area contributed by atoms with Crippen LogP contribution in [0.1, 0.15) is 24.8 Å². The normalized spacial score (nSPS) is 20.6. The van der Waals surface area contributed by atoms with E-state index >= 15 is 0 Å². The van der Waals surface area contributed by atoms with E-state index in [4.69, 9.17) is 5.73 Å². The summed E-state index contributed by atoms with van der Waals surface area (Å²) in [5, 5.41) is 0.